The zero-order valence-corrected chi connectivity index (χ0v) is 17.4. The Morgan fingerprint density at radius 3 is 2.32 bits per heavy atom. The highest BCUT2D eigenvalue weighted by Crippen LogP contribution is 2.20. The van der Waals surface area contributed by atoms with Gasteiger partial charge in [0.1, 0.15) is 0 Å². The van der Waals surface area contributed by atoms with Crippen LogP contribution in [0.4, 0.5) is 24.5 Å². The van der Waals surface area contributed by atoms with Crippen LogP contribution in [0.2, 0.25) is 0 Å². The summed E-state index contributed by atoms with van der Waals surface area (Å²) in [6, 6.07) is 9.93. The van der Waals surface area contributed by atoms with Gasteiger partial charge in [0, 0.05) is 36.2 Å². The SMILES string of the molecule is CCN(c1ccc(NC(=O)COC(=O)c2ccc(OCC(F)(F)F)nc2)cc1)C(C)C. The molecule has 1 amide bonds. The number of hydrogen-bond acceptors (Lipinski definition) is 6. The Hall–Kier alpha value is -3.30. The highest BCUT2D eigenvalue weighted by atomic mass is 19.4. The van der Waals surface area contributed by atoms with Gasteiger partial charge in [-0.15, -0.1) is 0 Å². The summed E-state index contributed by atoms with van der Waals surface area (Å²) in [5.41, 5.74) is 1.55. The van der Waals surface area contributed by atoms with Gasteiger partial charge in [0.2, 0.25) is 5.88 Å². The summed E-state index contributed by atoms with van der Waals surface area (Å²) in [7, 11) is 0. The van der Waals surface area contributed by atoms with Gasteiger partial charge >= 0.3 is 12.1 Å². The van der Waals surface area contributed by atoms with Crippen LogP contribution in [0.1, 0.15) is 31.1 Å². The minimum absolute atomic E-state index is 0.0233. The second-order valence-electron chi connectivity index (χ2n) is 6.84. The number of carbonyl (C=O) groups is 2. The fourth-order valence-electron chi connectivity index (χ4n) is 2.74. The van der Waals surface area contributed by atoms with E-state index in [1.54, 1.807) is 12.1 Å². The molecule has 1 aromatic heterocycles. The van der Waals surface area contributed by atoms with E-state index in [0.717, 1.165) is 24.5 Å². The number of nitrogens with one attached hydrogen (secondary N) is 1. The molecule has 0 bridgehead atoms. The molecule has 0 aliphatic rings. The molecule has 0 radical (unpaired) electrons. The van der Waals surface area contributed by atoms with Gasteiger partial charge < -0.3 is 19.7 Å². The second-order valence-corrected chi connectivity index (χ2v) is 6.84. The minimum Gasteiger partial charge on any atom is -0.468 e. The molecule has 168 valence electrons. The number of amides is 1. The molecule has 7 nitrogen and oxygen atoms in total. The van der Waals surface area contributed by atoms with Gasteiger partial charge in [-0.25, -0.2) is 9.78 Å². The van der Waals surface area contributed by atoms with Crippen LogP contribution in [0.15, 0.2) is 42.6 Å². The quantitative estimate of drug-likeness (QED) is 0.594. The van der Waals surface area contributed by atoms with Crippen molar-refractivity contribution in [3.05, 3.63) is 48.2 Å². The maximum Gasteiger partial charge on any atom is 0.422 e. The molecular formula is C21H24F3N3O4. The summed E-state index contributed by atoms with van der Waals surface area (Å²) in [6.07, 6.45) is -3.48. The smallest absolute Gasteiger partial charge is 0.422 e. The van der Waals surface area contributed by atoms with Gasteiger partial charge in [-0.05, 0) is 51.1 Å². The standard InChI is InChI=1S/C21H24F3N3O4/c1-4-27(14(2)3)17-8-6-16(7-9-17)26-18(28)12-30-20(29)15-5-10-19(25-11-15)31-13-21(22,23)24/h5-11,14H,4,12-13H2,1-3H3,(H,26,28). The van der Waals surface area contributed by atoms with Crippen molar-refractivity contribution >= 4 is 23.3 Å². The number of benzene rings is 1. The van der Waals surface area contributed by atoms with Crippen molar-refractivity contribution in [2.45, 2.75) is 33.0 Å². The van der Waals surface area contributed by atoms with Crippen LogP contribution in [0.5, 0.6) is 5.88 Å². The molecule has 1 heterocycles. The lowest BCUT2D eigenvalue weighted by molar-refractivity contribution is -0.154. The third-order valence-corrected chi connectivity index (χ3v) is 4.14. The predicted molar refractivity (Wildman–Crippen MR) is 109 cm³/mol. The van der Waals surface area contributed by atoms with E-state index in [2.05, 4.69) is 40.7 Å². The van der Waals surface area contributed by atoms with Crippen LogP contribution >= 0.6 is 0 Å². The normalized spacial score (nSPS) is 11.2. The fraction of sp³-hybridized carbons (Fsp3) is 0.381. The largest absolute Gasteiger partial charge is 0.468 e. The van der Waals surface area contributed by atoms with Crippen molar-refractivity contribution in [2.24, 2.45) is 0 Å². The molecule has 0 spiro atoms. The zero-order valence-electron chi connectivity index (χ0n) is 17.4. The highest BCUT2D eigenvalue weighted by molar-refractivity contribution is 5.95. The first-order chi connectivity index (χ1) is 14.6. The maximum absolute atomic E-state index is 12.1. The van der Waals surface area contributed by atoms with Crippen molar-refractivity contribution in [1.29, 1.82) is 0 Å². The molecule has 0 aliphatic carbocycles. The van der Waals surface area contributed by atoms with Gasteiger partial charge in [0.05, 0.1) is 5.56 Å². The Kier molecular flexibility index (Phi) is 8.23. The Bertz CT molecular complexity index is 869. The molecule has 0 saturated heterocycles. The monoisotopic (exact) mass is 439 g/mol. The summed E-state index contributed by atoms with van der Waals surface area (Å²) >= 11 is 0. The van der Waals surface area contributed by atoms with Gasteiger partial charge in [-0.2, -0.15) is 13.2 Å². The van der Waals surface area contributed by atoms with E-state index in [9.17, 15) is 22.8 Å². The van der Waals surface area contributed by atoms with E-state index in [0.29, 0.717) is 11.7 Å². The van der Waals surface area contributed by atoms with Crippen molar-refractivity contribution in [2.75, 3.05) is 30.0 Å². The van der Waals surface area contributed by atoms with Crippen molar-refractivity contribution in [1.82, 2.24) is 4.98 Å². The topological polar surface area (TPSA) is 80.8 Å². The number of pyridine rings is 1. The fourth-order valence-corrected chi connectivity index (χ4v) is 2.74. The number of anilines is 2. The van der Waals surface area contributed by atoms with Gasteiger partial charge in [-0.3, -0.25) is 4.79 Å². The third kappa shape index (κ3) is 7.80. The van der Waals surface area contributed by atoms with Crippen molar-refractivity contribution < 1.29 is 32.2 Å². The Balaban J connectivity index is 1.83. The summed E-state index contributed by atoms with van der Waals surface area (Å²) in [5, 5.41) is 2.63. The van der Waals surface area contributed by atoms with E-state index in [-0.39, 0.29) is 11.4 Å². The average molecular weight is 439 g/mol. The number of hydrogen-bond donors (Lipinski definition) is 1. The molecule has 2 rings (SSSR count). The van der Waals surface area contributed by atoms with E-state index in [4.69, 9.17) is 4.74 Å². The first kappa shape index (κ1) is 24.0. The van der Waals surface area contributed by atoms with Gasteiger partial charge in [0.25, 0.3) is 5.91 Å². The molecule has 0 saturated carbocycles. The molecule has 31 heavy (non-hydrogen) atoms. The summed E-state index contributed by atoms with van der Waals surface area (Å²) < 4.78 is 45.7. The number of alkyl halides is 3. The maximum atomic E-state index is 12.1. The van der Waals surface area contributed by atoms with Crippen LogP contribution in [0.3, 0.4) is 0 Å². The van der Waals surface area contributed by atoms with Crippen LogP contribution in [-0.2, 0) is 9.53 Å². The molecule has 2 aromatic rings. The van der Waals surface area contributed by atoms with Gasteiger partial charge in [0.15, 0.2) is 13.2 Å². The van der Waals surface area contributed by atoms with Crippen molar-refractivity contribution in [3.63, 3.8) is 0 Å². The molecule has 0 atom stereocenters. The van der Waals surface area contributed by atoms with E-state index in [1.807, 2.05) is 12.1 Å². The molecular weight excluding hydrogens is 415 g/mol. The lowest BCUT2D eigenvalue weighted by Gasteiger charge is -2.27. The third-order valence-electron chi connectivity index (χ3n) is 4.14. The van der Waals surface area contributed by atoms with E-state index in [1.165, 1.54) is 6.07 Å². The Morgan fingerprint density at radius 1 is 1.13 bits per heavy atom. The number of rotatable bonds is 9. The number of carbonyl (C=O) groups excluding carboxylic acids is 2. The van der Waals surface area contributed by atoms with Crippen LogP contribution in [-0.4, -0.2) is 48.8 Å². The van der Waals surface area contributed by atoms with E-state index < -0.39 is 31.3 Å². The number of halogens is 3. The first-order valence-corrected chi connectivity index (χ1v) is 9.58. The lowest BCUT2D eigenvalue weighted by Crippen LogP contribution is -2.30. The summed E-state index contributed by atoms with van der Waals surface area (Å²) in [4.78, 5) is 29.8. The number of ether oxygens (including phenoxy) is 2. The first-order valence-electron chi connectivity index (χ1n) is 9.58. The average Bonchev–Trinajstić information content (AvgIpc) is 2.72. The predicted octanol–water partition coefficient (Wildman–Crippen LogP) is 4.05. The second kappa shape index (κ2) is 10.6. The van der Waals surface area contributed by atoms with Crippen molar-refractivity contribution in [3.8, 4) is 5.88 Å². The zero-order chi connectivity index (χ0) is 23.0. The van der Waals surface area contributed by atoms with Crippen LogP contribution in [0, 0.1) is 0 Å². The van der Waals surface area contributed by atoms with E-state index >= 15 is 0 Å². The lowest BCUT2D eigenvalue weighted by atomic mass is 10.2. The minimum atomic E-state index is -4.49. The molecule has 1 aromatic carbocycles. The van der Waals surface area contributed by atoms with Crippen LogP contribution < -0.4 is 15.0 Å². The Labute approximate surface area is 178 Å². The number of esters is 1. The molecule has 10 heteroatoms. The highest BCUT2D eigenvalue weighted by Gasteiger charge is 2.28. The van der Waals surface area contributed by atoms with Crippen LogP contribution in [0.25, 0.3) is 0 Å². The molecule has 0 unspecified atom stereocenters. The number of nitrogens with zero attached hydrogens (tertiary/aromatic N) is 2. The molecule has 0 fully saturated rings. The number of aromatic nitrogens is 1. The molecule has 1 N–H and O–H groups in total. The summed E-state index contributed by atoms with van der Waals surface area (Å²) in [5.74, 6) is -1.65. The summed E-state index contributed by atoms with van der Waals surface area (Å²) in [6.45, 7) is 5.07. The van der Waals surface area contributed by atoms with Gasteiger partial charge in [-0.1, -0.05) is 0 Å². The Morgan fingerprint density at radius 2 is 1.81 bits per heavy atom. The molecule has 0 aliphatic heterocycles.